The van der Waals surface area contributed by atoms with Crippen molar-refractivity contribution in [1.29, 1.82) is 0 Å². The average molecular weight is 474 g/mol. The molecule has 0 aromatic rings. The number of nitrogens with one attached hydrogen (secondary N) is 1. The van der Waals surface area contributed by atoms with Crippen LogP contribution in [0.4, 0.5) is 0 Å². The third-order valence-electron chi connectivity index (χ3n) is 4.82. The molecule has 0 aromatic carbocycles. The van der Waals surface area contributed by atoms with Gasteiger partial charge in [0, 0.05) is 40.7 Å². The molecule has 0 bridgehead atoms. The van der Waals surface area contributed by atoms with E-state index in [9.17, 15) is 24.0 Å². The number of rotatable bonds is 14. The molecule has 1 heterocycles. The molecule has 33 heavy (non-hydrogen) atoms. The van der Waals surface area contributed by atoms with Gasteiger partial charge in [0.05, 0.1) is 0 Å². The second kappa shape index (κ2) is 15.3. The standard InChI is InChI=1S/C22H35NO10/c1-14(25)23-19-21(32-17(4)28)20(31-16(3)27)18(13-30-15(2)26)33-22(19)29-12-10-8-6-5-7-9-11-24/h11,18-22H,5-10,12-13H2,1-4H3,(H,23,25). The second-order valence-electron chi connectivity index (χ2n) is 7.81. The topological polar surface area (TPSA) is 144 Å². The molecule has 1 aliphatic heterocycles. The molecule has 1 amide bonds. The molecule has 11 nitrogen and oxygen atoms in total. The Hall–Kier alpha value is -2.53. The molecule has 11 heteroatoms. The lowest BCUT2D eigenvalue weighted by atomic mass is 9.96. The van der Waals surface area contributed by atoms with E-state index < -0.39 is 54.5 Å². The van der Waals surface area contributed by atoms with Crippen molar-refractivity contribution in [2.24, 2.45) is 0 Å². The smallest absolute Gasteiger partial charge is 0.303 e. The van der Waals surface area contributed by atoms with Crippen molar-refractivity contribution >= 4 is 30.1 Å². The van der Waals surface area contributed by atoms with Gasteiger partial charge in [-0.25, -0.2) is 0 Å². The van der Waals surface area contributed by atoms with Crippen LogP contribution in [0.1, 0.15) is 66.2 Å². The number of unbranched alkanes of at least 4 members (excludes halogenated alkanes) is 5. The average Bonchev–Trinajstić information content (AvgIpc) is 2.71. The molecular weight excluding hydrogens is 438 g/mol. The van der Waals surface area contributed by atoms with Gasteiger partial charge in [-0.05, 0) is 12.8 Å². The highest BCUT2D eigenvalue weighted by molar-refractivity contribution is 5.73. The zero-order valence-corrected chi connectivity index (χ0v) is 19.7. The van der Waals surface area contributed by atoms with Crippen molar-refractivity contribution in [2.45, 2.75) is 96.9 Å². The molecular formula is C22H35NO10. The van der Waals surface area contributed by atoms with E-state index >= 15 is 0 Å². The van der Waals surface area contributed by atoms with Crippen LogP contribution < -0.4 is 5.32 Å². The van der Waals surface area contributed by atoms with E-state index in [0.717, 1.165) is 32.0 Å². The van der Waals surface area contributed by atoms with Crippen LogP contribution in [0.3, 0.4) is 0 Å². The Morgan fingerprint density at radius 2 is 1.45 bits per heavy atom. The normalized spacial score (nSPS) is 24.4. The maximum Gasteiger partial charge on any atom is 0.303 e. The first-order chi connectivity index (χ1) is 15.6. The van der Waals surface area contributed by atoms with Gasteiger partial charge in [-0.2, -0.15) is 0 Å². The number of hydrogen-bond acceptors (Lipinski definition) is 10. The first kappa shape index (κ1) is 28.5. The van der Waals surface area contributed by atoms with Gasteiger partial charge in [-0.1, -0.05) is 19.3 Å². The van der Waals surface area contributed by atoms with Crippen LogP contribution in [0.2, 0.25) is 0 Å². The number of aldehydes is 1. The lowest BCUT2D eigenvalue weighted by molar-refractivity contribution is -0.277. The van der Waals surface area contributed by atoms with Crippen LogP contribution in [0, 0.1) is 0 Å². The zero-order valence-electron chi connectivity index (χ0n) is 19.7. The molecule has 5 unspecified atom stereocenters. The van der Waals surface area contributed by atoms with Crippen molar-refractivity contribution in [2.75, 3.05) is 13.2 Å². The first-order valence-corrected chi connectivity index (χ1v) is 11.1. The lowest BCUT2D eigenvalue weighted by Crippen LogP contribution is -2.66. The summed E-state index contributed by atoms with van der Waals surface area (Å²) in [7, 11) is 0. The van der Waals surface area contributed by atoms with E-state index in [0.29, 0.717) is 19.4 Å². The van der Waals surface area contributed by atoms with Gasteiger partial charge in [0.25, 0.3) is 0 Å². The Labute approximate surface area is 193 Å². The predicted octanol–water partition coefficient (Wildman–Crippen LogP) is 1.20. The van der Waals surface area contributed by atoms with Crippen molar-refractivity contribution in [3.63, 3.8) is 0 Å². The molecule has 1 N–H and O–H groups in total. The largest absolute Gasteiger partial charge is 0.463 e. The summed E-state index contributed by atoms with van der Waals surface area (Å²) in [5, 5.41) is 2.65. The number of amides is 1. The Morgan fingerprint density at radius 1 is 0.848 bits per heavy atom. The van der Waals surface area contributed by atoms with Gasteiger partial charge in [-0.3, -0.25) is 19.2 Å². The highest BCUT2D eigenvalue weighted by Gasteiger charge is 2.51. The van der Waals surface area contributed by atoms with E-state index in [-0.39, 0.29) is 6.61 Å². The minimum absolute atomic E-state index is 0.269. The number of esters is 3. The van der Waals surface area contributed by atoms with E-state index in [1.807, 2.05) is 0 Å². The minimum atomic E-state index is -1.14. The highest BCUT2D eigenvalue weighted by Crippen LogP contribution is 2.28. The monoisotopic (exact) mass is 473 g/mol. The maximum atomic E-state index is 11.9. The summed E-state index contributed by atoms with van der Waals surface area (Å²) < 4.78 is 27.6. The summed E-state index contributed by atoms with van der Waals surface area (Å²) in [6.45, 7) is 4.89. The van der Waals surface area contributed by atoms with Gasteiger partial charge in [0.15, 0.2) is 18.5 Å². The molecule has 188 valence electrons. The SMILES string of the molecule is CC(=O)NC1C(OCCCCCCCC=O)OC(COC(C)=O)C(OC(C)=O)C1OC(C)=O. The van der Waals surface area contributed by atoms with Crippen LogP contribution in [0.15, 0.2) is 0 Å². The molecule has 0 aliphatic carbocycles. The van der Waals surface area contributed by atoms with Crippen molar-refractivity contribution in [1.82, 2.24) is 5.32 Å². The van der Waals surface area contributed by atoms with Gasteiger partial charge in [-0.15, -0.1) is 0 Å². The number of hydrogen-bond donors (Lipinski definition) is 1. The molecule has 5 atom stereocenters. The minimum Gasteiger partial charge on any atom is -0.463 e. The fourth-order valence-corrected chi connectivity index (χ4v) is 3.49. The van der Waals surface area contributed by atoms with Crippen LogP contribution in [0.25, 0.3) is 0 Å². The lowest BCUT2D eigenvalue weighted by Gasteiger charge is -2.44. The number of carbonyl (C=O) groups excluding carboxylic acids is 5. The third kappa shape index (κ3) is 11.2. The maximum absolute atomic E-state index is 11.9. The van der Waals surface area contributed by atoms with Gasteiger partial charge < -0.3 is 33.8 Å². The number of ether oxygens (including phenoxy) is 5. The predicted molar refractivity (Wildman–Crippen MR) is 114 cm³/mol. The summed E-state index contributed by atoms with van der Waals surface area (Å²) in [5.74, 6) is -2.32. The highest BCUT2D eigenvalue weighted by atomic mass is 16.7. The third-order valence-corrected chi connectivity index (χ3v) is 4.82. The summed E-state index contributed by atoms with van der Waals surface area (Å²) in [5.41, 5.74) is 0. The molecule has 1 rings (SSSR count). The van der Waals surface area contributed by atoms with E-state index in [1.165, 1.54) is 27.7 Å². The Balaban J connectivity index is 2.96. The molecule has 0 spiro atoms. The van der Waals surface area contributed by atoms with E-state index in [1.54, 1.807) is 0 Å². The van der Waals surface area contributed by atoms with Crippen LogP contribution in [-0.4, -0.2) is 74.0 Å². The summed E-state index contributed by atoms with van der Waals surface area (Å²) in [4.78, 5) is 57.0. The van der Waals surface area contributed by atoms with E-state index in [2.05, 4.69) is 5.32 Å². The van der Waals surface area contributed by atoms with Crippen LogP contribution >= 0.6 is 0 Å². The fraction of sp³-hybridized carbons (Fsp3) is 0.773. The molecule has 0 aromatic heterocycles. The zero-order chi connectivity index (χ0) is 24.8. The number of carbonyl (C=O) groups is 5. The molecule has 1 saturated heterocycles. The first-order valence-electron chi connectivity index (χ1n) is 11.1. The van der Waals surface area contributed by atoms with Gasteiger partial charge in [0.1, 0.15) is 25.0 Å². The molecule has 0 radical (unpaired) electrons. The Kier molecular flexibility index (Phi) is 13.2. The fourth-order valence-electron chi connectivity index (χ4n) is 3.49. The Morgan fingerprint density at radius 3 is 2.03 bits per heavy atom. The summed E-state index contributed by atoms with van der Waals surface area (Å²) in [6, 6.07) is -0.961. The van der Waals surface area contributed by atoms with Gasteiger partial charge >= 0.3 is 17.9 Å². The summed E-state index contributed by atoms with van der Waals surface area (Å²) in [6.07, 6.45) is 1.47. The molecule has 1 fully saturated rings. The second-order valence-corrected chi connectivity index (χ2v) is 7.81. The summed E-state index contributed by atoms with van der Waals surface area (Å²) >= 11 is 0. The Bertz CT molecular complexity index is 668. The quantitative estimate of drug-likeness (QED) is 0.169. The molecule has 0 saturated carbocycles. The van der Waals surface area contributed by atoms with Crippen molar-refractivity contribution in [3.8, 4) is 0 Å². The van der Waals surface area contributed by atoms with Crippen LogP contribution in [-0.2, 0) is 47.7 Å². The van der Waals surface area contributed by atoms with E-state index in [4.69, 9.17) is 23.7 Å². The molecule has 1 aliphatic rings. The van der Waals surface area contributed by atoms with Crippen LogP contribution in [0.5, 0.6) is 0 Å². The van der Waals surface area contributed by atoms with Gasteiger partial charge in [0.2, 0.25) is 5.91 Å². The van der Waals surface area contributed by atoms with Crippen molar-refractivity contribution in [3.05, 3.63) is 0 Å². The van der Waals surface area contributed by atoms with Crippen molar-refractivity contribution < 1.29 is 47.7 Å².